The minimum Gasteiger partial charge on any atom is -0.496 e. The number of methoxy groups -OCH3 is 1. The van der Waals surface area contributed by atoms with Crippen LogP contribution in [0.5, 0.6) is 5.75 Å². The van der Waals surface area contributed by atoms with E-state index in [9.17, 15) is 8.78 Å². The van der Waals surface area contributed by atoms with Crippen molar-refractivity contribution in [2.75, 3.05) is 12.8 Å². The Balaban J connectivity index is 3.22. The standard InChI is InChI=1S/C8H10F2N2O/c1-4-6(13-2)3-5(7(9)10)12-8(4)11/h3,7H,1-2H3,(H2,11,12). The van der Waals surface area contributed by atoms with Gasteiger partial charge in [-0.2, -0.15) is 0 Å². The van der Waals surface area contributed by atoms with E-state index in [-0.39, 0.29) is 11.5 Å². The predicted octanol–water partition coefficient (Wildman–Crippen LogP) is 1.92. The van der Waals surface area contributed by atoms with Crippen LogP contribution in [0.1, 0.15) is 17.7 Å². The Morgan fingerprint density at radius 1 is 1.54 bits per heavy atom. The molecule has 5 heteroatoms. The molecule has 72 valence electrons. The van der Waals surface area contributed by atoms with Crippen LogP contribution in [0.3, 0.4) is 0 Å². The van der Waals surface area contributed by atoms with Gasteiger partial charge in [-0.25, -0.2) is 13.8 Å². The maximum absolute atomic E-state index is 12.2. The number of anilines is 1. The van der Waals surface area contributed by atoms with E-state index in [0.29, 0.717) is 11.3 Å². The van der Waals surface area contributed by atoms with Crippen molar-refractivity contribution in [1.29, 1.82) is 0 Å². The van der Waals surface area contributed by atoms with Crippen LogP contribution in [0, 0.1) is 6.92 Å². The number of pyridine rings is 1. The Hall–Kier alpha value is -1.39. The molecule has 0 saturated carbocycles. The summed E-state index contributed by atoms with van der Waals surface area (Å²) in [7, 11) is 1.40. The monoisotopic (exact) mass is 188 g/mol. The van der Waals surface area contributed by atoms with E-state index in [0.717, 1.165) is 0 Å². The molecule has 0 amide bonds. The third kappa shape index (κ3) is 1.85. The lowest BCUT2D eigenvalue weighted by Gasteiger charge is -2.08. The van der Waals surface area contributed by atoms with Gasteiger partial charge in [0.05, 0.1) is 7.11 Å². The summed E-state index contributed by atoms with van der Waals surface area (Å²) in [5.41, 5.74) is 5.63. The summed E-state index contributed by atoms with van der Waals surface area (Å²) in [4.78, 5) is 3.53. The molecule has 0 saturated heterocycles. The van der Waals surface area contributed by atoms with Crippen LogP contribution >= 0.6 is 0 Å². The molecule has 0 aliphatic carbocycles. The van der Waals surface area contributed by atoms with Gasteiger partial charge >= 0.3 is 0 Å². The van der Waals surface area contributed by atoms with E-state index >= 15 is 0 Å². The molecule has 1 aromatic heterocycles. The molecule has 0 aromatic carbocycles. The van der Waals surface area contributed by atoms with Gasteiger partial charge in [-0.15, -0.1) is 0 Å². The molecule has 1 rings (SSSR count). The smallest absolute Gasteiger partial charge is 0.280 e. The van der Waals surface area contributed by atoms with Crippen LogP contribution in [0.2, 0.25) is 0 Å². The van der Waals surface area contributed by atoms with E-state index in [2.05, 4.69) is 4.98 Å². The Labute approximate surface area is 74.5 Å². The molecule has 0 spiro atoms. The van der Waals surface area contributed by atoms with Crippen molar-refractivity contribution in [1.82, 2.24) is 4.98 Å². The zero-order valence-electron chi connectivity index (χ0n) is 7.34. The number of aromatic nitrogens is 1. The maximum atomic E-state index is 12.2. The fourth-order valence-electron chi connectivity index (χ4n) is 0.948. The largest absolute Gasteiger partial charge is 0.496 e. The summed E-state index contributed by atoms with van der Waals surface area (Å²) in [6, 6.07) is 1.19. The summed E-state index contributed by atoms with van der Waals surface area (Å²) >= 11 is 0. The van der Waals surface area contributed by atoms with Crippen molar-refractivity contribution in [2.24, 2.45) is 0 Å². The quantitative estimate of drug-likeness (QED) is 0.771. The third-order valence-corrected chi connectivity index (χ3v) is 1.73. The van der Waals surface area contributed by atoms with Gasteiger partial charge < -0.3 is 10.5 Å². The highest BCUT2D eigenvalue weighted by atomic mass is 19.3. The van der Waals surface area contributed by atoms with Crippen molar-refractivity contribution in [3.05, 3.63) is 17.3 Å². The number of hydrogen-bond acceptors (Lipinski definition) is 3. The number of alkyl halides is 2. The molecule has 13 heavy (non-hydrogen) atoms. The topological polar surface area (TPSA) is 48.1 Å². The summed E-state index contributed by atoms with van der Waals surface area (Å²) in [6.07, 6.45) is -2.63. The van der Waals surface area contributed by atoms with Crippen LogP contribution in [0.4, 0.5) is 14.6 Å². The fraction of sp³-hybridized carbons (Fsp3) is 0.375. The lowest BCUT2D eigenvalue weighted by atomic mass is 10.2. The second-order valence-corrected chi connectivity index (χ2v) is 2.56. The number of nitrogen functional groups attached to an aromatic ring is 1. The zero-order chi connectivity index (χ0) is 10.0. The van der Waals surface area contributed by atoms with Crippen molar-refractivity contribution < 1.29 is 13.5 Å². The summed E-state index contributed by atoms with van der Waals surface area (Å²) in [5, 5.41) is 0. The average molecular weight is 188 g/mol. The number of hydrogen-bond donors (Lipinski definition) is 1. The second kappa shape index (κ2) is 3.55. The van der Waals surface area contributed by atoms with Crippen molar-refractivity contribution in [3.63, 3.8) is 0 Å². The first-order chi connectivity index (χ1) is 6.06. The molecule has 1 aromatic rings. The number of rotatable bonds is 2. The lowest BCUT2D eigenvalue weighted by Crippen LogP contribution is -2.01. The molecular weight excluding hydrogens is 178 g/mol. The third-order valence-electron chi connectivity index (χ3n) is 1.73. The summed E-state index contributed by atoms with van der Waals surface area (Å²) in [6.45, 7) is 1.66. The van der Waals surface area contributed by atoms with E-state index in [1.165, 1.54) is 13.2 Å². The van der Waals surface area contributed by atoms with Crippen LogP contribution in [0.25, 0.3) is 0 Å². The highest BCUT2D eigenvalue weighted by molar-refractivity contribution is 5.49. The first-order valence-electron chi connectivity index (χ1n) is 3.65. The number of nitrogens with zero attached hydrogens (tertiary/aromatic N) is 1. The molecule has 0 atom stereocenters. The summed E-state index contributed by atoms with van der Waals surface area (Å²) < 4.78 is 29.3. The fourth-order valence-corrected chi connectivity index (χ4v) is 0.948. The maximum Gasteiger partial charge on any atom is 0.280 e. The predicted molar refractivity (Wildman–Crippen MR) is 44.9 cm³/mol. The molecule has 0 bridgehead atoms. The van der Waals surface area contributed by atoms with E-state index in [4.69, 9.17) is 10.5 Å². The minimum atomic E-state index is -2.63. The summed E-state index contributed by atoms with van der Waals surface area (Å²) in [5.74, 6) is 0.414. The van der Waals surface area contributed by atoms with E-state index in [1.54, 1.807) is 6.92 Å². The number of nitrogens with two attached hydrogens (primary N) is 1. The molecular formula is C8H10F2N2O. The Morgan fingerprint density at radius 2 is 2.15 bits per heavy atom. The number of ether oxygens (including phenoxy) is 1. The van der Waals surface area contributed by atoms with Gasteiger partial charge in [0, 0.05) is 11.6 Å². The zero-order valence-corrected chi connectivity index (χ0v) is 7.34. The van der Waals surface area contributed by atoms with Gasteiger partial charge in [0.1, 0.15) is 17.3 Å². The van der Waals surface area contributed by atoms with Crippen molar-refractivity contribution in [3.8, 4) is 5.75 Å². The van der Waals surface area contributed by atoms with Gasteiger partial charge in [0.2, 0.25) is 0 Å². The molecule has 0 aliphatic rings. The minimum absolute atomic E-state index is 0.0784. The molecule has 3 nitrogen and oxygen atoms in total. The van der Waals surface area contributed by atoms with E-state index in [1.807, 2.05) is 0 Å². The van der Waals surface area contributed by atoms with Crippen molar-refractivity contribution in [2.45, 2.75) is 13.3 Å². The van der Waals surface area contributed by atoms with Crippen molar-refractivity contribution >= 4 is 5.82 Å². The molecule has 0 fully saturated rings. The first-order valence-corrected chi connectivity index (χ1v) is 3.65. The lowest BCUT2D eigenvalue weighted by molar-refractivity contribution is 0.146. The van der Waals surface area contributed by atoms with Crippen LogP contribution in [-0.2, 0) is 0 Å². The Morgan fingerprint density at radius 3 is 2.62 bits per heavy atom. The van der Waals surface area contributed by atoms with Gasteiger partial charge in [0.15, 0.2) is 0 Å². The normalized spacial score (nSPS) is 10.5. The van der Waals surface area contributed by atoms with Crippen LogP contribution in [-0.4, -0.2) is 12.1 Å². The molecule has 1 heterocycles. The molecule has 0 aliphatic heterocycles. The van der Waals surface area contributed by atoms with Gasteiger partial charge in [-0.3, -0.25) is 0 Å². The number of halogens is 2. The Kier molecular flexibility index (Phi) is 2.65. The van der Waals surface area contributed by atoms with Crippen LogP contribution in [0.15, 0.2) is 6.07 Å². The molecule has 2 N–H and O–H groups in total. The Bertz CT molecular complexity index is 315. The van der Waals surface area contributed by atoms with Gasteiger partial charge in [-0.05, 0) is 6.92 Å². The first kappa shape index (κ1) is 9.70. The average Bonchev–Trinajstić information content (AvgIpc) is 2.09. The molecule has 0 radical (unpaired) electrons. The van der Waals surface area contributed by atoms with Gasteiger partial charge in [0.25, 0.3) is 6.43 Å². The molecule has 0 unspecified atom stereocenters. The highest BCUT2D eigenvalue weighted by Crippen LogP contribution is 2.27. The van der Waals surface area contributed by atoms with Gasteiger partial charge in [-0.1, -0.05) is 0 Å². The van der Waals surface area contributed by atoms with E-state index < -0.39 is 6.43 Å². The van der Waals surface area contributed by atoms with Crippen LogP contribution < -0.4 is 10.5 Å². The SMILES string of the molecule is COc1cc(C(F)F)nc(N)c1C. The second-order valence-electron chi connectivity index (χ2n) is 2.56. The highest BCUT2D eigenvalue weighted by Gasteiger charge is 2.13.